The molecule has 0 saturated heterocycles. The van der Waals surface area contributed by atoms with Gasteiger partial charge in [0.25, 0.3) is 0 Å². The van der Waals surface area contributed by atoms with Gasteiger partial charge in [-0.15, -0.1) is 0 Å². The number of nitrogens with one attached hydrogen (secondary N) is 2. The molecule has 0 aliphatic heterocycles. The van der Waals surface area contributed by atoms with Crippen LogP contribution < -0.4 is 10.6 Å². The number of urea groups is 1. The lowest BCUT2D eigenvalue weighted by atomic mass is 10.0. The molecule has 2 N–H and O–H groups in total. The highest BCUT2D eigenvalue weighted by Crippen LogP contribution is 2.28. The zero-order chi connectivity index (χ0) is 19.7. The number of aryl methyl sites for hydroxylation is 2. The summed E-state index contributed by atoms with van der Waals surface area (Å²) in [7, 11) is 1.87. The summed E-state index contributed by atoms with van der Waals surface area (Å²) in [4.78, 5) is 16.4. The van der Waals surface area contributed by atoms with Crippen LogP contribution in [0.4, 0.5) is 20.6 Å². The van der Waals surface area contributed by atoms with Gasteiger partial charge in [-0.1, -0.05) is 18.2 Å². The molecule has 0 saturated carbocycles. The summed E-state index contributed by atoms with van der Waals surface area (Å²) in [5.41, 5.74) is 4.47. The van der Waals surface area contributed by atoms with Crippen molar-refractivity contribution in [3.05, 3.63) is 72.4 Å². The Balaban J connectivity index is 1.52. The number of carbonyl (C=O) groups is 1. The number of pyridine rings is 1. The normalized spacial score (nSPS) is 10.8. The van der Waals surface area contributed by atoms with Crippen LogP contribution in [-0.4, -0.2) is 20.8 Å². The van der Waals surface area contributed by atoms with Crippen LogP contribution in [0.2, 0.25) is 0 Å². The molecule has 7 heteroatoms. The molecule has 0 fully saturated rings. The number of nitrogens with zero attached hydrogens (tertiary/aromatic N) is 3. The molecule has 4 rings (SSSR count). The maximum Gasteiger partial charge on any atom is 0.323 e. The average Bonchev–Trinajstić information content (AvgIpc) is 3.07. The largest absolute Gasteiger partial charge is 0.323 e. The van der Waals surface area contributed by atoms with Crippen molar-refractivity contribution < 1.29 is 9.18 Å². The van der Waals surface area contributed by atoms with E-state index < -0.39 is 11.8 Å². The van der Waals surface area contributed by atoms with Crippen molar-refractivity contribution in [2.75, 3.05) is 10.6 Å². The fraction of sp³-hybridized carbons (Fsp3) is 0.0952. The van der Waals surface area contributed by atoms with Gasteiger partial charge in [0.2, 0.25) is 0 Å². The number of fused-ring (bicyclic) bond motifs is 1. The van der Waals surface area contributed by atoms with Gasteiger partial charge in [-0.25, -0.2) is 9.18 Å². The van der Waals surface area contributed by atoms with Gasteiger partial charge in [0.15, 0.2) is 0 Å². The Hall–Kier alpha value is -3.74. The van der Waals surface area contributed by atoms with Crippen molar-refractivity contribution in [3.63, 3.8) is 0 Å². The first kappa shape index (κ1) is 17.7. The minimum absolute atomic E-state index is 0.142. The second-order valence-electron chi connectivity index (χ2n) is 6.53. The smallest absolute Gasteiger partial charge is 0.308 e. The Morgan fingerprint density at radius 1 is 1.04 bits per heavy atom. The number of benzene rings is 2. The number of anilines is 2. The summed E-state index contributed by atoms with van der Waals surface area (Å²) in [6, 6.07) is 11.4. The third-order valence-corrected chi connectivity index (χ3v) is 4.50. The molecule has 2 aromatic heterocycles. The summed E-state index contributed by atoms with van der Waals surface area (Å²) in [5.74, 6) is -0.479. The molecule has 6 nitrogen and oxygen atoms in total. The Kier molecular flexibility index (Phi) is 4.49. The highest BCUT2D eigenvalue weighted by molar-refractivity contribution is 6.00. The molecular formula is C21H18FN5O. The van der Waals surface area contributed by atoms with Crippen LogP contribution in [0.5, 0.6) is 0 Å². The molecule has 0 aliphatic rings. The minimum atomic E-state index is -0.506. The summed E-state index contributed by atoms with van der Waals surface area (Å²) < 4.78 is 15.6. The van der Waals surface area contributed by atoms with Crippen molar-refractivity contribution in [3.8, 4) is 11.1 Å². The quantitative estimate of drug-likeness (QED) is 0.544. The Morgan fingerprint density at radius 3 is 2.61 bits per heavy atom. The number of hydrogen-bond acceptors (Lipinski definition) is 3. The van der Waals surface area contributed by atoms with Gasteiger partial charge < -0.3 is 10.6 Å². The lowest BCUT2D eigenvalue weighted by Gasteiger charge is -2.10. The molecule has 0 radical (unpaired) electrons. The minimum Gasteiger partial charge on any atom is -0.308 e. The number of rotatable bonds is 3. The maximum atomic E-state index is 13.8. The molecule has 0 bridgehead atoms. The van der Waals surface area contributed by atoms with Crippen LogP contribution in [0.1, 0.15) is 5.56 Å². The van der Waals surface area contributed by atoms with Gasteiger partial charge in [-0.3, -0.25) is 9.67 Å². The van der Waals surface area contributed by atoms with Crippen LogP contribution in [-0.2, 0) is 7.05 Å². The zero-order valence-electron chi connectivity index (χ0n) is 15.4. The first-order valence-electron chi connectivity index (χ1n) is 8.71. The van der Waals surface area contributed by atoms with E-state index in [1.165, 1.54) is 6.07 Å². The summed E-state index contributed by atoms with van der Waals surface area (Å²) in [6.45, 7) is 1.83. The van der Waals surface area contributed by atoms with Crippen LogP contribution in [0, 0.1) is 12.7 Å². The van der Waals surface area contributed by atoms with Crippen molar-refractivity contribution in [1.82, 2.24) is 14.8 Å². The van der Waals surface area contributed by atoms with Crippen molar-refractivity contribution in [1.29, 1.82) is 0 Å². The molecule has 2 aromatic carbocycles. The molecule has 0 unspecified atom stereocenters. The number of halogens is 1. The molecule has 4 aromatic rings. The predicted molar refractivity (Wildman–Crippen MR) is 108 cm³/mol. The maximum absolute atomic E-state index is 13.8. The highest BCUT2D eigenvalue weighted by atomic mass is 19.1. The highest BCUT2D eigenvalue weighted by Gasteiger charge is 2.10. The second-order valence-corrected chi connectivity index (χ2v) is 6.53. The number of carbonyl (C=O) groups excluding carboxylic acids is 1. The van der Waals surface area contributed by atoms with Crippen LogP contribution >= 0.6 is 0 Å². The Labute approximate surface area is 161 Å². The molecule has 0 atom stereocenters. The Bertz CT molecular complexity index is 1170. The zero-order valence-corrected chi connectivity index (χ0v) is 15.4. The van der Waals surface area contributed by atoms with Crippen molar-refractivity contribution in [2.45, 2.75) is 6.92 Å². The molecule has 0 spiro atoms. The Morgan fingerprint density at radius 2 is 1.82 bits per heavy atom. The first-order valence-corrected chi connectivity index (χ1v) is 8.71. The van der Waals surface area contributed by atoms with Gasteiger partial charge in [-0.2, -0.15) is 5.10 Å². The molecular weight excluding hydrogens is 357 g/mol. The second kappa shape index (κ2) is 7.11. The van der Waals surface area contributed by atoms with E-state index in [4.69, 9.17) is 0 Å². The van der Waals surface area contributed by atoms with E-state index in [9.17, 15) is 9.18 Å². The summed E-state index contributed by atoms with van der Waals surface area (Å²) in [6.07, 6.45) is 5.37. The lowest BCUT2D eigenvalue weighted by molar-refractivity contribution is 0.262. The number of amides is 2. The third kappa shape index (κ3) is 3.42. The third-order valence-electron chi connectivity index (χ3n) is 4.50. The molecule has 0 aliphatic carbocycles. The van der Waals surface area contributed by atoms with E-state index in [1.54, 1.807) is 41.3 Å². The van der Waals surface area contributed by atoms with E-state index >= 15 is 0 Å². The summed E-state index contributed by atoms with van der Waals surface area (Å²) >= 11 is 0. The van der Waals surface area contributed by atoms with Crippen molar-refractivity contribution in [2.24, 2.45) is 7.05 Å². The number of aromatic nitrogens is 3. The molecule has 2 heterocycles. The van der Waals surface area contributed by atoms with Gasteiger partial charge in [-0.05, 0) is 42.3 Å². The van der Waals surface area contributed by atoms with Gasteiger partial charge >= 0.3 is 6.03 Å². The molecule has 28 heavy (non-hydrogen) atoms. The van der Waals surface area contributed by atoms with E-state index in [-0.39, 0.29) is 5.69 Å². The average molecular weight is 375 g/mol. The van der Waals surface area contributed by atoms with Gasteiger partial charge in [0.1, 0.15) is 5.82 Å². The van der Waals surface area contributed by atoms with E-state index in [2.05, 4.69) is 20.7 Å². The van der Waals surface area contributed by atoms with Crippen LogP contribution in [0.15, 0.2) is 61.1 Å². The van der Waals surface area contributed by atoms with Gasteiger partial charge in [0, 0.05) is 29.9 Å². The first-order chi connectivity index (χ1) is 13.5. The fourth-order valence-electron chi connectivity index (χ4n) is 3.04. The number of hydrogen-bond donors (Lipinski definition) is 2. The van der Waals surface area contributed by atoms with E-state index in [0.717, 1.165) is 27.6 Å². The standard InChI is InChI=1S/C21H18FN5O/c1-13-3-8-18(22)19(9-13)26-21(28)25-15-6-4-14(5-7-15)16-10-23-12-20-17(16)11-24-27(20)2/h3-12H,1-2H3,(H2,25,26,28). The monoisotopic (exact) mass is 375 g/mol. The summed E-state index contributed by atoms with van der Waals surface area (Å²) in [5, 5.41) is 10.5. The fourth-order valence-corrected chi connectivity index (χ4v) is 3.04. The topological polar surface area (TPSA) is 71.8 Å². The van der Waals surface area contributed by atoms with Crippen LogP contribution in [0.3, 0.4) is 0 Å². The lowest BCUT2D eigenvalue weighted by Crippen LogP contribution is -2.20. The van der Waals surface area contributed by atoms with Crippen LogP contribution in [0.25, 0.3) is 22.0 Å². The SMILES string of the molecule is Cc1ccc(F)c(NC(=O)Nc2ccc(-c3cncc4c3cnn4C)cc2)c1. The van der Waals surface area contributed by atoms with Crippen molar-refractivity contribution >= 4 is 28.3 Å². The molecule has 2 amide bonds. The van der Waals surface area contributed by atoms with E-state index in [0.29, 0.717) is 5.69 Å². The predicted octanol–water partition coefficient (Wildman–Crippen LogP) is 4.73. The molecule has 140 valence electrons. The van der Waals surface area contributed by atoms with Gasteiger partial charge in [0.05, 0.1) is 23.6 Å². The van der Waals surface area contributed by atoms with E-state index in [1.807, 2.05) is 32.3 Å².